The molecule has 1 fully saturated rings. The van der Waals surface area contributed by atoms with Crippen LogP contribution in [0, 0.1) is 0 Å². The van der Waals surface area contributed by atoms with Crippen LogP contribution in [0.1, 0.15) is 10.4 Å². The summed E-state index contributed by atoms with van der Waals surface area (Å²) in [5.74, 6) is -0.575. The second-order valence-electron chi connectivity index (χ2n) is 7.53. The molecule has 1 aliphatic heterocycles. The van der Waals surface area contributed by atoms with E-state index in [1.807, 2.05) is 23.1 Å². The standard InChI is InChI=1S/C23H24N4O4S2/c28-21(17-26-12-14-27(15-13-26)33(30,31)22-11-6-16-32-22)25-20-10-5-4-9-19(20)23(29)24-18-7-2-1-3-8-18/h1-11,16H,12-15,17H2,(H,24,29)(H,25,28). The summed E-state index contributed by atoms with van der Waals surface area (Å²) >= 11 is 1.20. The number of anilines is 2. The molecule has 2 aromatic carbocycles. The highest BCUT2D eigenvalue weighted by molar-refractivity contribution is 7.91. The molecule has 0 spiro atoms. The number of carbonyl (C=O) groups excluding carboxylic acids is 2. The summed E-state index contributed by atoms with van der Waals surface area (Å²) in [6, 6.07) is 19.2. The lowest BCUT2D eigenvalue weighted by Gasteiger charge is -2.33. The van der Waals surface area contributed by atoms with E-state index in [0.717, 1.165) is 0 Å². The first-order chi connectivity index (χ1) is 15.9. The average Bonchev–Trinajstić information content (AvgIpc) is 3.36. The fraction of sp³-hybridized carbons (Fsp3) is 0.217. The summed E-state index contributed by atoms with van der Waals surface area (Å²) in [7, 11) is -3.48. The lowest BCUT2D eigenvalue weighted by atomic mass is 10.1. The molecule has 0 radical (unpaired) electrons. The number of amides is 2. The number of nitrogens with zero attached hydrogens (tertiary/aromatic N) is 2. The molecule has 33 heavy (non-hydrogen) atoms. The highest BCUT2D eigenvalue weighted by Crippen LogP contribution is 2.22. The monoisotopic (exact) mass is 484 g/mol. The van der Waals surface area contributed by atoms with E-state index < -0.39 is 10.0 Å². The van der Waals surface area contributed by atoms with Gasteiger partial charge in [0.2, 0.25) is 5.91 Å². The van der Waals surface area contributed by atoms with Crippen LogP contribution in [-0.4, -0.2) is 62.2 Å². The van der Waals surface area contributed by atoms with Gasteiger partial charge in [-0.1, -0.05) is 36.4 Å². The molecule has 1 saturated heterocycles. The first-order valence-electron chi connectivity index (χ1n) is 10.4. The van der Waals surface area contributed by atoms with Crippen molar-refractivity contribution in [3.05, 3.63) is 77.7 Å². The second-order valence-corrected chi connectivity index (χ2v) is 10.6. The number of rotatable bonds is 7. The quantitative estimate of drug-likeness (QED) is 0.537. The molecular formula is C23H24N4O4S2. The zero-order chi connectivity index (χ0) is 23.3. The Morgan fingerprint density at radius 1 is 0.848 bits per heavy atom. The number of sulfonamides is 1. The third kappa shape index (κ3) is 5.66. The highest BCUT2D eigenvalue weighted by Gasteiger charge is 2.29. The number of nitrogens with one attached hydrogen (secondary N) is 2. The Balaban J connectivity index is 1.33. The van der Waals surface area contributed by atoms with Gasteiger partial charge in [0.25, 0.3) is 15.9 Å². The van der Waals surface area contributed by atoms with Crippen molar-refractivity contribution in [3.8, 4) is 0 Å². The Kier molecular flexibility index (Phi) is 7.19. The predicted molar refractivity (Wildman–Crippen MR) is 129 cm³/mol. The van der Waals surface area contributed by atoms with Crippen molar-refractivity contribution in [2.24, 2.45) is 0 Å². The van der Waals surface area contributed by atoms with Crippen molar-refractivity contribution in [3.63, 3.8) is 0 Å². The van der Waals surface area contributed by atoms with Crippen LogP contribution in [0.4, 0.5) is 11.4 Å². The molecule has 4 rings (SSSR count). The normalized spacial score (nSPS) is 15.2. The largest absolute Gasteiger partial charge is 0.324 e. The van der Waals surface area contributed by atoms with Crippen molar-refractivity contribution < 1.29 is 18.0 Å². The van der Waals surface area contributed by atoms with Gasteiger partial charge >= 0.3 is 0 Å². The highest BCUT2D eigenvalue weighted by atomic mass is 32.2. The summed E-state index contributed by atoms with van der Waals surface area (Å²) < 4.78 is 27.1. The van der Waals surface area contributed by atoms with E-state index in [1.54, 1.807) is 53.9 Å². The van der Waals surface area contributed by atoms with E-state index in [0.29, 0.717) is 47.3 Å². The average molecular weight is 485 g/mol. The Bertz CT molecular complexity index is 1210. The summed E-state index contributed by atoms with van der Waals surface area (Å²) in [6.07, 6.45) is 0. The van der Waals surface area contributed by atoms with Crippen LogP contribution in [0.5, 0.6) is 0 Å². The number of benzene rings is 2. The number of para-hydroxylation sites is 2. The minimum atomic E-state index is -3.48. The van der Waals surface area contributed by atoms with Crippen LogP contribution in [0.15, 0.2) is 76.3 Å². The third-order valence-electron chi connectivity index (χ3n) is 5.27. The van der Waals surface area contributed by atoms with E-state index in [-0.39, 0.29) is 18.4 Å². The molecule has 8 nitrogen and oxygen atoms in total. The Hall–Kier alpha value is -3.05. The smallest absolute Gasteiger partial charge is 0.257 e. The summed E-state index contributed by atoms with van der Waals surface area (Å²) in [5, 5.41) is 7.38. The number of thiophene rings is 1. The Labute approximate surface area is 196 Å². The van der Waals surface area contributed by atoms with Gasteiger partial charge in [0.05, 0.1) is 17.8 Å². The van der Waals surface area contributed by atoms with Crippen LogP contribution < -0.4 is 10.6 Å². The van der Waals surface area contributed by atoms with Crippen LogP contribution in [-0.2, 0) is 14.8 Å². The molecule has 0 saturated carbocycles. The van der Waals surface area contributed by atoms with E-state index in [2.05, 4.69) is 10.6 Å². The number of hydrogen-bond donors (Lipinski definition) is 2. The zero-order valence-electron chi connectivity index (χ0n) is 17.8. The molecule has 0 bridgehead atoms. The molecule has 2 heterocycles. The van der Waals surface area contributed by atoms with Gasteiger partial charge in [-0.25, -0.2) is 8.42 Å². The lowest BCUT2D eigenvalue weighted by Crippen LogP contribution is -2.50. The van der Waals surface area contributed by atoms with Gasteiger partial charge < -0.3 is 10.6 Å². The molecule has 1 aliphatic rings. The number of hydrogen-bond acceptors (Lipinski definition) is 6. The van der Waals surface area contributed by atoms with Crippen LogP contribution in [0.2, 0.25) is 0 Å². The van der Waals surface area contributed by atoms with Gasteiger partial charge in [-0.2, -0.15) is 4.31 Å². The lowest BCUT2D eigenvalue weighted by molar-refractivity contribution is -0.117. The molecule has 2 amide bonds. The van der Waals surface area contributed by atoms with Crippen molar-refractivity contribution in [2.75, 3.05) is 43.4 Å². The molecule has 0 unspecified atom stereocenters. The maximum atomic E-state index is 12.7. The van der Waals surface area contributed by atoms with Crippen LogP contribution in [0.3, 0.4) is 0 Å². The summed E-state index contributed by atoms with van der Waals surface area (Å²) in [4.78, 5) is 27.3. The summed E-state index contributed by atoms with van der Waals surface area (Å²) in [6.45, 7) is 1.66. The van der Waals surface area contributed by atoms with E-state index in [9.17, 15) is 18.0 Å². The number of carbonyl (C=O) groups is 2. The van der Waals surface area contributed by atoms with Crippen molar-refractivity contribution in [1.29, 1.82) is 0 Å². The SMILES string of the molecule is O=C(CN1CCN(S(=O)(=O)c2cccs2)CC1)Nc1ccccc1C(=O)Nc1ccccc1. The molecule has 172 valence electrons. The van der Waals surface area contributed by atoms with Gasteiger partial charge in [-0.3, -0.25) is 14.5 Å². The van der Waals surface area contributed by atoms with E-state index in [1.165, 1.54) is 15.6 Å². The molecule has 2 N–H and O–H groups in total. The molecule has 1 aromatic heterocycles. The van der Waals surface area contributed by atoms with Crippen molar-refractivity contribution >= 4 is 44.5 Å². The number of piperazine rings is 1. The molecule has 0 aliphatic carbocycles. The van der Waals surface area contributed by atoms with Gasteiger partial charge in [-0.05, 0) is 35.7 Å². The maximum absolute atomic E-state index is 12.7. The van der Waals surface area contributed by atoms with Crippen LogP contribution >= 0.6 is 11.3 Å². The first kappa shape index (κ1) is 23.1. The van der Waals surface area contributed by atoms with Crippen LogP contribution in [0.25, 0.3) is 0 Å². The Morgan fingerprint density at radius 3 is 2.24 bits per heavy atom. The molecule has 0 atom stereocenters. The predicted octanol–water partition coefficient (Wildman–Crippen LogP) is 2.95. The van der Waals surface area contributed by atoms with Gasteiger partial charge in [0.15, 0.2) is 0 Å². The second kappa shape index (κ2) is 10.3. The summed E-state index contributed by atoms with van der Waals surface area (Å²) in [5.41, 5.74) is 1.45. The molecule has 3 aromatic rings. The van der Waals surface area contributed by atoms with E-state index >= 15 is 0 Å². The van der Waals surface area contributed by atoms with Crippen molar-refractivity contribution in [1.82, 2.24) is 9.21 Å². The van der Waals surface area contributed by atoms with E-state index in [4.69, 9.17) is 0 Å². The minimum Gasteiger partial charge on any atom is -0.324 e. The fourth-order valence-corrected chi connectivity index (χ4v) is 6.14. The molecular weight excluding hydrogens is 460 g/mol. The van der Waals surface area contributed by atoms with Crippen molar-refractivity contribution in [2.45, 2.75) is 4.21 Å². The third-order valence-corrected chi connectivity index (χ3v) is 8.54. The first-order valence-corrected chi connectivity index (χ1v) is 12.8. The Morgan fingerprint density at radius 2 is 1.55 bits per heavy atom. The maximum Gasteiger partial charge on any atom is 0.257 e. The fourth-order valence-electron chi connectivity index (χ4n) is 3.57. The molecule has 10 heteroatoms. The van der Waals surface area contributed by atoms with Gasteiger partial charge in [0.1, 0.15) is 4.21 Å². The zero-order valence-corrected chi connectivity index (χ0v) is 19.4. The van der Waals surface area contributed by atoms with Gasteiger partial charge in [0, 0.05) is 31.9 Å². The topological polar surface area (TPSA) is 98.8 Å². The minimum absolute atomic E-state index is 0.113. The van der Waals surface area contributed by atoms with Gasteiger partial charge in [-0.15, -0.1) is 11.3 Å².